The Balaban J connectivity index is 2.42. The predicted molar refractivity (Wildman–Crippen MR) is 60.6 cm³/mol. The Morgan fingerprint density at radius 1 is 1.60 bits per heavy atom. The molecule has 86 valence electrons. The quantitative estimate of drug-likeness (QED) is 0.525. The van der Waals surface area contributed by atoms with E-state index >= 15 is 0 Å². The number of methoxy groups -OCH3 is 1. The third-order valence-electron chi connectivity index (χ3n) is 2.99. The monoisotopic (exact) mass is 211 g/mol. The van der Waals surface area contributed by atoms with Gasteiger partial charge in [0.15, 0.2) is 0 Å². The number of carbonyl (C=O) groups is 1. The second-order valence-corrected chi connectivity index (χ2v) is 4.20. The normalized spacial score (nSPS) is 22.4. The van der Waals surface area contributed by atoms with Crippen molar-refractivity contribution in [2.75, 3.05) is 26.7 Å². The molecule has 1 atom stereocenters. The summed E-state index contributed by atoms with van der Waals surface area (Å²) < 4.78 is 4.78. The van der Waals surface area contributed by atoms with Gasteiger partial charge in [0, 0.05) is 13.1 Å². The summed E-state index contributed by atoms with van der Waals surface area (Å²) in [5.41, 5.74) is 1.24. The summed E-state index contributed by atoms with van der Waals surface area (Å²) in [6.07, 6.45) is 3.05. The van der Waals surface area contributed by atoms with Gasteiger partial charge in [0.25, 0.3) is 0 Å². The highest BCUT2D eigenvalue weighted by Crippen LogP contribution is 2.18. The van der Waals surface area contributed by atoms with Crippen molar-refractivity contribution in [2.45, 2.75) is 26.2 Å². The maximum absolute atomic E-state index is 11.4. The van der Waals surface area contributed by atoms with Crippen LogP contribution in [-0.4, -0.2) is 37.6 Å². The van der Waals surface area contributed by atoms with Gasteiger partial charge in [-0.3, -0.25) is 9.69 Å². The molecule has 0 aromatic heterocycles. The summed E-state index contributed by atoms with van der Waals surface area (Å²) in [5, 5.41) is 0. The zero-order chi connectivity index (χ0) is 11.3. The molecule has 0 bridgehead atoms. The van der Waals surface area contributed by atoms with E-state index in [0.29, 0.717) is 0 Å². The molecule has 1 aliphatic heterocycles. The van der Waals surface area contributed by atoms with Crippen molar-refractivity contribution >= 4 is 5.97 Å². The predicted octanol–water partition coefficient (Wildman–Crippen LogP) is 1.84. The topological polar surface area (TPSA) is 29.5 Å². The molecule has 0 aliphatic carbocycles. The van der Waals surface area contributed by atoms with Crippen LogP contribution in [0, 0.1) is 5.92 Å². The minimum atomic E-state index is -0.0678. The molecule has 3 heteroatoms. The molecule has 0 unspecified atom stereocenters. The van der Waals surface area contributed by atoms with Gasteiger partial charge in [-0.2, -0.15) is 0 Å². The highest BCUT2D eigenvalue weighted by molar-refractivity contribution is 5.72. The zero-order valence-electron chi connectivity index (χ0n) is 9.79. The third-order valence-corrected chi connectivity index (χ3v) is 2.99. The van der Waals surface area contributed by atoms with Crippen LogP contribution in [0.15, 0.2) is 12.2 Å². The zero-order valence-corrected chi connectivity index (χ0v) is 9.79. The SMILES string of the molecule is C=C(CC)CN1CCC[C@H](C(=O)OC)C1. The van der Waals surface area contributed by atoms with Crippen LogP contribution >= 0.6 is 0 Å². The van der Waals surface area contributed by atoms with E-state index < -0.39 is 0 Å². The van der Waals surface area contributed by atoms with Gasteiger partial charge in [-0.1, -0.05) is 19.1 Å². The lowest BCUT2D eigenvalue weighted by atomic mass is 9.98. The summed E-state index contributed by atoms with van der Waals surface area (Å²) in [7, 11) is 1.46. The lowest BCUT2D eigenvalue weighted by molar-refractivity contribution is -0.147. The molecule has 0 aromatic carbocycles. The van der Waals surface area contributed by atoms with Crippen molar-refractivity contribution in [3.05, 3.63) is 12.2 Å². The second-order valence-electron chi connectivity index (χ2n) is 4.20. The molecule has 1 rings (SSSR count). The molecule has 0 radical (unpaired) electrons. The summed E-state index contributed by atoms with van der Waals surface area (Å²) >= 11 is 0. The average molecular weight is 211 g/mol. The van der Waals surface area contributed by atoms with Gasteiger partial charge in [0.2, 0.25) is 0 Å². The number of hydrogen-bond acceptors (Lipinski definition) is 3. The van der Waals surface area contributed by atoms with Crippen LogP contribution < -0.4 is 0 Å². The molecule has 1 fully saturated rings. The van der Waals surface area contributed by atoms with Gasteiger partial charge in [-0.15, -0.1) is 0 Å². The van der Waals surface area contributed by atoms with E-state index in [1.165, 1.54) is 12.7 Å². The number of carbonyl (C=O) groups excluding carboxylic acids is 1. The van der Waals surface area contributed by atoms with Crippen molar-refractivity contribution in [2.24, 2.45) is 5.92 Å². The molecular formula is C12H21NO2. The summed E-state index contributed by atoms with van der Waals surface area (Å²) in [6, 6.07) is 0. The number of likely N-dealkylation sites (tertiary alicyclic amines) is 1. The summed E-state index contributed by atoms with van der Waals surface area (Å²) in [5.74, 6) is -0.00443. The van der Waals surface area contributed by atoms with Crippen molar-refractivity contribution in [1.82, 2.24) is 4.90 Å². The fourth-order valence-corrected chi connectivity index (χ4v) is 1.99. The Morgan fingerprint density at radius 2 is 2.33 bits per heavy atom. The van der Waals surface area contributed by atoms with Gasteiger partial charge < -0.3 is 4.74 Å². The highest BCUT2D eigenvalue weighted by atomic mass is 16.5. The standard InChI is InChI=1S/C12H21NO2/c1-4-10(2)8-13-7-5-6-11(9-13)12(14)15-3/h11H,2,4-9H2,1,3H3/t11-/m0/s1. The van der Waals surface area contributed by atoms with Crippen LogP contribution in [0.5, 0.6) is 0 Å². The van der Waals surface area contributed by atoms with Gasteiger partial charge in [0.05, 0.1) is 13.0 Å². The Hall–Kier alpha value is -0.830. The van der Waals surface area contributed by atoms with Crippen LogP contribution in [0.3, 0.4) is 0 Å². The maximum Gasteiger partial charge on any atom is 0.309 e. The summed E-state index contributed by atoms with van der Waals surface area (Å²) in [6.45, 7) is 8.94. The lowest BCUT2D eigenvalue weighted by Crippen LogP contribution is -2.39. The van der Waals surface area contributed by atoms with E-state index in [1.807, 2.05) is 0 Å². The number of esters is 1. The third kappa shape index (κ3) is 3.67. The largest absolute Gasteiger partial charge is 0.469 e. The first kappa shape index (κ1) is 12.2. The number of nitrogens with zero attached hydrogens (tertiary/aromatic N) is 1. The Morgan fingerprint density at radius 3 is 2.93 bits per heavy atom. The molecular weight excluding hydrogens is 190 g/mol. The molecule has 1 aliphatic rings. The molecule has 0 amide bonds. The van der Waals surface area contributed by atoms with E-state index in [1.54, 1.807) is 0 Å². The number of ether oxygens (including phenoxy) is 1. The van der Waals surface area contributed by atoms with E-state index in [0.717, 1.165) is 38.9 Å². The Kier molecular flexibility index (Phi) is 4.82. The van der Waals surface area contributed by atoms with Crippen LogP contribution in [0.25, 0.3) is 0 Å². The van der Waals surface area contributed by atoms with Crippen molar-refractivity contribution < 1.29 is 9.53 Å². The number of piperidine rings is 1. The molecule has 0 aromatic rings. The fourth-order valence-electron chi connectivity index (χ4n) is 1.99. The van der Waals surface area contributed by atoms with Crippen LogP contribution in [0.4, 0.5) is 0 Å². The molecule has 0 N–H and O–H groups in total. The van der Waals surface area contributed by atoms with Crippen molar-refractivity contribution in [3.8, 4) is 0 Å². The highest BCUT2D eigenvalue weighted by Gasteiger charge is 2.26. The Labute approximate surface area is 92.1 Å². The molecule has 15 heavy (non-hydrogen) atoms. The van der Waals surface area contributed by atoms with E-state index in [-0.39, 0.29) is 11.9 Å². The minimum absolute atomic E-state index is 0.0633. The van der Waals surface area contributed by atoms with E-state index in [9.17, 15) is 4.79 Å². The van der Waals surface area contributed by atoms with Crippen LogP contribution in [0.2, 0.25) is 0 Å². The van der Waals surface area contributed by atoms with Crippen molar-refractivity contribution in [1.29, 1.82) is 0 Å². The Bertz CT molecular complexity index is 238. The van der Waals surface area contributed by atoms with Gasteiger partial charge in [0.1, 0.15) is 0 Å². The first-order valence-corrected chi connectivity index (χ1v) is 5.64. The smallest absolute Gasteiger partial charge is 0.309 e. The van der Waals surface area contributed by atoms with Crippen LogP contribution in [-0.2, 0) is 9.53 Å². The van der Waals surface area contributed by atoms with Gasteiger partial charge in [-0.25, -0.2) is 0 Å². The average Bonchev–Trinajstić information content (AvgIpc) is 2.28. The number of rotatable bonds is 4. The minimum Gasteiger partial charge on any atom is -0.469 e. The second kappa shape index (κ2) is 5.91. The molecule has 0 spiro atoms. The molecule has 3 nitrogen and oxygen atoms in total. The molecule has 1 saturated heterocycles. The molecule has 1 heterocycles. The van der Waals surface area contributed by atoms with Crippen molar-refractivity contribution in [3.63, 3.8) is 0 Å². The first-order valence-electron chi connectivity index (χ1n) is 5.64. The number of hydrogen-bond donors (Lipinski definition) is 0. The van der Waals surface area contributed by atoms with E-state index in [4.69, 9.17) is 4.74 Å². The molecule has 0 saturated carbocycles. The summed E-state index contributed by atoms with van der Waals surface area (Å²) in [4.78, 5) is 13.7. The van der Waals surface area contributed by atoms with Crippen LogP contribution in [0.1, 0.15) is 26.2 Å². The van der Waals surface area contributed by atoms with Gasteiger partial charge >= 0.3 is 5.97 Å². The lowest BCUT2D eigenvalue weighted by Gasteiger charge is -2.31. The fraction of sp³-hybridized carbons (Fsp3) is 0.750. The maximum atomic E-state index is 11.4. The van der Waals surface area contributed by atoms with Gasteiger partial charge in [-0.05, 0) is 25.8 Å². The van der Waals surface area contributed by atoms with E-state index in [2.05, 4.69) is 18.4 Å². The first-order chi connectivity index (χ1) is 7.17.